The summed E-state index contributed by atoms with van der Waals surface area (Å²) >= 11 is 13.3. The molecular formula is C36H38Cl2F4N6O4S. The highest BCUT2D eigenvalue weighted by Crippen LogP contribution is 2.57. The Balaban J connectivity index is 1.24. The number of carbonyl (C=O) groups excluding carboxylic acids is 3. The predicted octanol–water partition coefficient (Wildman–Crippen LogP) is 6.28. The molecule has 0 radical (unpaired) electrons. The van der Waals surface area contributed by atoms with Crippen LogP contribution in [-0.4, -0.2) is 102 Å². The van der Waals surface area contributed by atoms with E-state index in [0.717, 1.165) is 16.7 Å². The zero-order chi connectivity index (χ0) is 38.6. The first-order chi connectivity index (χ1) is 24.7. The number of thioether (sulfide) groups is 1. The van der Waals surface area contributed by atoms with Gasteiger partial charge in [-0.05, 0) is 75.1 Å². The van der Waals surface area contributed by atoms with Crippen LogP contribution in [0.1, 0.15) is 71.0 Å². The number of fused-ring (bicyclic) bond motifs is 1. The first-order valence-electron chi connectivity index (χ1n) is 17.3. The van der Waals surface area contributed by atoms with E-state index in [-0.39, 0.29) is 47.1 Å². The smallest absolute Gasteiger partial charge is 0.388 e. The van der Waals surface area contributed by atoms with Gasteiger partial charge in [0.15, 0.2) is 5.17 Å². The lowest BCUT2D eigenvalue weighted by Crippen LogP contribution is -2.65. The summed E-state index contributed by atoms with van der Waals surface area (Å²) in [4.78, 5) is 56.7. The number of carbonyl (C=O) groups is 3. The molecule has 284 valence electrons. The molecule has 3 amide bonds. The number of likely N-dealkylation sites (tertiary alicyclic amines) is 1. The summed E-state index contributed by atoms with van der Waals surface area (Å²) in [6.45, 7) is 8.24. The number of β-amino-alcohol motifs (C(OH)–C–C–N with tert-alkyl or cyclic N) is 1. The Morgan fingerprint density at radius 3 is 2.34 bits per heavy atom. The first-order valence-corrected chi connectivity index (χ1v) is 18.9. The zero-order valence-corrected chi connectivity index (χ0v) is 31.9. The number of hydrogen-bond donors (Lipinski definition) is 1. The van der Waals surface area contributed by atoms with Crippen LogP contribution < -0.4 is 0 Å². The van der Waals surface area contributed by atoms with Gasteiger partial charge in [0.1, 0.15) is 27.5 Å². The lowest BCUT2D eigenvalue weighted by atomic mass is 9.81. The monoisotopic (exact) mass is 796 g/mol. The summed E-state index contributed by atoms with van der Waals surface area (Å²) in [5, 5.41) is 12.0. The number of hydrogen-bond acceptors (Lipinski definition) is 8. The number of nitrogens with zero attached hydrogens (tertiary/aromatic N) is 6. The lowest BCUT2D eigenvalue weighted by molar-refractivity contribution is -0.193. The van der Waals surface area contributed by atoms with Crippen LogP contribution in [0.4, 0.5) is 17.6 Å². The van der Waals surface area contributed by atoms with Gasteiger partial charge in [-0.1, -0.05) is 49.2 Å². The van der Waals surface area contributed by atoms with Crippen LogP contribution >= 0.6 is 35.0 Å². The molecule has 2 aromatic rings. The molecular weight excluding hydrogens is 759 g/mol. The number of piperazine rings is 1. The van der Waals surface area contributed by atoms with Gasteiger partial charge < -0.3 is 24.7 Å². The Labute approximate surface area is 318 Å². The minimum atomic E-state index is -5.04. The van der Waals surface area contributed by atoms with E-state index >= 15 is 4.39 Å². The van der Waals surface area contributed by atoms with Crippen molar-refractivity contribution in [3.63, 3.8) is 0 Å². The number of aromatic nitrogens is 1. The van der Waals surface area contributed by atoms with E-state index < -0.39 is 64.5 Å². The molecule has 4 aliphatic heterocycles. The number of amidine groups is 1. The summed E-state index contributed by atoms with van der Waals surface area (Å²) in [5.74, 6) is -3.83. The van der Waals surface area contributed by atoms with Crippen LogP contribution in [0, 0.1) is 11.7 Å². The van der Waals surface area contributed by atoms with Gasteiger partial charge in [0.25, 0.3) is 5.91 Å². The van der Waals surface area contributed by atoms with Crippen molar-refractivity contribution in [1.29, 1.82) is 0 Å². The third kappa shape index (κ3) is 6.38. The second-order valence-electron chi connectivity index (χ2n) is 15.4. The first kappa shape index (κ1) is 37.9. The molecule has 3 fully saturated rings. The number of allylic oxidation sites excluding steroid dienone is 1. The van der Waals surface area contributed by atoms with Crippen molar-refractivity contribution in [2.24, 2.45) is 10.9 Å². The van der Waals surface area contributed by atoms with Gasteiger partial charge in [-0.3, -0.25) is 14.4 Å². The number of alkyl halides is 3. The largest absolute Gasteiger partial charge is 0.471 e. The highest BCUT2D eigenvalue weighted by Gasteiger charge is 2.61. The van der Waals surface area contributed by atoms with Gasteiger partial charge >= 0.3 is 12.1 Å². The Kier molecular flexibility index (Phi) is 9.18. The fraction of sp³-hybridized carbons (Fsp3) is 0.528. The van der Waals surface area contributed by atoms with Gasteiger partial charge in [0, 0.05) is 43.0 Å². The summed E-state index contributed by atoms with van der Waals surface area (Å²) < 4.78 is 55.5. The van der Waals surface area contributed by atoms with Crippen LogP contribution in [0.5, 0.6) is 0 Å². The topological polar surface area (TPSA) is 110 Å². The van der Waals surface area contributed by atoms with Gasteiger partial charge in [0.05, 0.1) is 28.7 Å². The van der Waals surface area contributed by atoms with Crippen LogP contribution in [0.15, 0.2) is 52.1 Å². The number of benzene rings is 1. The van der Waals surface area contributed by atoms with Crippen molar-refractivity contribution < 1.29 is 37.1 Å². The molecule has 1 aliphatic carbocycles. The molecule has 2 saturated heterocycles. The highest BCUT2D eigenvalue weighted by molar-refractivity contribution is 8.18. The molecule has 0 bridgehead atoms. The molecule has 1 N–H and O–H groups in total. The zero-order valence-electron chi connectivity index (χ0n) is 29.5. The number of halogens is 6. The van der Waals surface area contributed by atoms with E-state index in [9.17, 15) is 32.7 Å². The molecule has 0 unspecified atom stereocenters. The van der Waals surface area contributed by atoms with E-state index in [1.165, 1.54) is 28.9 Å². The molecule has 5 heterocycles. The summed E-state index contributed by atoms with van der Waals surface area (Å²) in [6.07, 6.45) is -2.89. The van der Waals surface area contributed by atoms with E-state index in [1.807, 2.05) is 25.7 Å². The average molecular weight is 798 g/mol. The minimum absolute atomic E-state index is 0.0545. The third-order valence-electron chi connectivity index (χ3n) is 11.0. The maximum atomic E-state index is 15.1. The van der Waals surface area contributed by atoms with Gasteiger partial charge in [0.2, 0.25) is 5.91 Å². The maximum absolute atomic E-state index is 15.1. The lowest BCUT2D eigenvalue weighted by Gasteiger charge is -2.47. The fourth-order valence-corrected chi connectivity index (χ4v) is 9.84. The molecule has 7 rings (SSSR count). The minimum Gasteiger partial charge on any atom is -0.388 e. The average Bonchev–Trinajstić information content (AvgIpc) is 3.50. The molecule has 5 atom stereocenters. The Hall–Kier alpha value is -3.40. The SMILES string of the molecule is CC(C)C1=C(C(=O)N2C[C@@](C)(O)C[C@H]2C(=O)N2CC3(CC3)N(C(=O)C(F)(F)F)C[C@@H]2C)SC2=N[C@@](C)(c3ccc(Cl)nc3)[C@@H](c3ccc(Cl)c(F)c3)N21. The Bertz CT molecular complexity index is 1960. The third-order valence-corrected chi connectivity index (χ3v) is 12.6. The quantitative estimate of drug-likeness (QED) is 0.281. The van der Waals surface area contributed by atoms with Crippen molar-refractivity contribution in [2.45, 2.75) is 94.9 Å². The normalized spacial score (nSPS) is 29.4. The molecule has 1 spiro atoms. The van der Waals surface area contributed by atoms with E-state index in [1.54, 1.807) is 31.3 Å². The summed E-state index contributed by atoms with van der Waals surface area (Å²) in [5.41, 5.74) is -1.75. The van der Waals surface area contributed by atoms with Crippen LogP contribution in [0.25, 0.3) is 0 Å². The molecule has 1 aromatic carbocycles. The van der Waals surface area contributed by atoms with Gasteiger partial charge in [-0.2, -0.15) is 13.2 Å². The standard InChI is InChI=1S/C36H38Cl2F4N6O4S/c1-18(2)26-27(53-32-44-34(5,21-7-9-25(38)43-14-21)28(48(26)32)20-6-8-22(37)23(39)12-20)30(50)46-16-33(4,52)13-24(46)29(49)45-17-35(10-11-35)47(15-19(45)3)31(51)36(40,41)42/h6-9,12,14,18-19,24,28,52H,10-11,13,15-17H2,1-5H3/t19-,24-,28+,33-,34-/m0/s1. The van der Waals surface area contributed by atoms with Gasteiger partial charge in [-0.15, -0.1) is 0 Å². The summed E-state index contributed by atoms with van der Waals surface area (Å²) in [7, 11) is 0. The highest BCUT2D eigenvalue weighted by atomic mass is 35.5. The van der Waals surface area contributed by atoms with Crippen molar-refractivity contribution >= 4 is 57.9 Å². The van der Waals surface area contributed by atoms with Crippen molar-refractivity contribution in [2.75, 3.05) is 19.6 Å². The molecule has 53 heavy (non-hydrogen) atoms. The van der Waals surface area contributed by atoms with E-state index in [2.05, 4.69) is 4.98 Å². The van der Waals surface area contributed by atoms with Crippen molar-refractivity contribution in [3.05, 3.63) is 74.3 Å². The molecule has 10 nitrogen and oxygen atoms in total. The number of amides is 3. The number of aliphatic imine (C=N–C) groups is 1. The summed E-state index contributed by atoms with van der Waals surface area (Å²) in [6, 6.07) is 5.41. The van der Waals surface area contributed by atoms with Crippen LogP contribution in [-0.2, 0) is 19.9 Å². The van der Waals surface area contributed by atoms with Crippen LogP contribution in [0.2, 0.25) is 10.2 Å². The van der Waals surface area contributed by atoms with Crippen molar-refractivity contribution in [3.8, 4) is 0 Å². The fourth-order valence-electron chi connectivity index (χ4n) is 8.25. The second-order valence-corrected chi connectivity index (χ2v) is 17.2. The molecule has 1 aromatic heterocycles. The van der Waals surface area contributed by atoms with Crippen molar-refractivity contribution in [1.82, 2.24) is 24.6 Å². The molecule has 1 saturated carbocycles. The number of pyridine rings is 1. The Morgan fingerprint density at radius 1 is 1.06 bits per heavy atom. The molecule has 17 heteroatoms. The maximum Gasteiger partial charge on any atom is 0.471 e. The Morgan fingerprint density at radius 2 is 1.75 bits per heavy atom. The van der Waals surface area contributed by atoms with E-state index in [4.69, 9.17) is 28.2 Å². The predicted molar refractivity (Wildman–Crippen MR) is 191 cm³/mol. The van der Waals surface area contributed by atoms with Gasteiger partial charge in [-0.25, -0.2) is 14.4 Å². The number of rotatable bonds is 5. The molecule has 5 aliphatic rings. The van der Waals surface area contributed by atoms with Crippen LogP contribution in [0.3, 0.4) is 0 Å². The number of aliphatic hydroxyl groups is 1. The van der Waals surface area contributed by atoms with E-state index in [0.29, 0.717) is 34.8 Å². The second kappa shape index (κ2) is 12.8.